The Morgan fingerprint density at radius 1 is 1.47 bits per heavy atom. The fourth-order valence-electron chi connectivity index (χ4n) is 1.41. The quantitative estimate of drug-likeness (QED) is 0.630. The lowest BCUT2D eigenvalue weighted by Gasteiger charge is -1.97. The molecule has 0 saturated carbocycles. The molecule has 15 heavy (non-hydrogen) atoms. The molecule has 0 aliphatic carbocycles. The number of carboxylic acids is 1. The van der Waals surface area contributed by atoms with E-state index in [9.17, 15) is 9.90 Å². The fraction of sp³-hybridized carbons (Fsp3) is 0.333. The molecule has 6 nitrogen and oxygen atoms in total. The molecule has 0 N–H and O–H groups in total. The summed E-state index contributed by atoms with van der Waals surface area (Å²) >= 11 is 0. The van der Waals surface area contributed by atoms with E-state index < -0.39 is 5.97 Å². The number of nitrogens with zero attached hydrogens (tertiary/aromatic N) is 4. The van der Waals surface area contributed by atoms with Gasteiger partial charge in [-0.25, -0.2) is 9.50 Å². The number of aromatic nitrogens is 4. The number of fused-ring (bicyclic) bond motifs is 1. The molecule has 2 aromatic rings. The van der Waals surface area contributed by atoms with Crippen LogP contribution >= 0.6 is 0 Å². The monoisotopic (exact) mass is 205 g/mol. The van der Waals surface area contributed by atoms with Gasteiger partial charge in [0.2, 0.25) is 0 Å². The van der Waals surface area contributed by atoms with Gasteiger partial charge in [-0.15, -0.1) is 5.10 Å². The van der Waals surface area contributed by atoms with Crippen molar-refractivity contribution in [3.05, 3.63) is 23.3 Å². The summed E-state index contributed by atoms with van der Waals surface area (Å²) < 4.78 is 1.52. The Balaban J connectivity index is 2.55. The van der Waals surface area contributed by atoms with Crippen LogP contribution in [0.2, 0.25) is 0 Å². The van der Waals surface area contributed by atoms with Crippen LogP contribution in [-0.4, -0.2) is 25.6 Å². The van der Waals surface area contributed by atoms with E-state index in [2.05, 4.69) is 15.1 Å². The van der Waals surface area contributed by atoms with Gasteiger partial charge in [0, 0.05) is 23.8 Å². The van der Waals surface area contributed by atoms with Crippen LogP contribution in [0.25, 0.3) is 5.78 Å². The van der Waals surface area contributed by atoms with Crippen molar-refractivity contribution in [1.82, 2.24) is 19.6 Å². The summed E-state index contributed by atoms with van der Waals surface area (Å²) in [5.41, 5.74) is 1.70. The summed E-state index contributed by atoms with van der Waals surface area (Å²) in [5, 5.41) is 14.4. The highest BCUT2D eigenvalue weighted by Gasteiger charge is 2.07. The maximum atomic E-state index is 10.4. The highest BCUT2D eigenvalue weighted by atomic mass is 16.4. The molecule has 0 bridgehead atoms. The Morgan fingerprint density at radius 3 is 2.87 bits per heavy atom. The lowest BCUT2D eigenvalue weighted by atomic mass is 10.4. The molecule has 6 heteroatoms. The van der Waals surface area contributed by atoms with Gasteiger partial charge in [0.1, 0.15) is 0 Å². The average molecular weight is 205 g/mol. The summed E-state index contributed by atoms with van der Waals surface area (Å²) in [7, 11) is 0. The highest BCUT2D eigenvalue weighted by Crippen LogP contribution is 2.05. The third-order valence-electron chi connectivity index (χ3n) is 1.96. The van der Waals surface area contributed by atoms with Gasteiger partial charge in [-0.05, 0) is 19.9 Å². The minimum absolute atomic E-state index is 0.219. The lowest BCUT2D eigenvalue weighted by molar-refractivity contribution is -0.304. The van der Waals surface area contributed by atoms with Crippen molar-refractivity contribution in [3.8, 4) is 0 Å². The molecule has 2 rings (SSSR count). The Hall–Kier alpha value is -1.98. The van der Waals surface area contributed by atoms with Crippen LogP contribution in [0.5, 0.6) is 0 Å². The molecule has 0 atom stereocenters. The maximum absolute atomic E-state index is 10.4. The molecular formula is C9H9N4O2-. The minimum Gasteiger partial charge on any atom is -0.550 e. The molecule has 0 aliphatic rings. The third-order valence-corrected chi connectivity index (χ3v) is 1.96. The Bertz CT molecular complexity index is 532. The van der Waals surface area contributed by atoms with E-state index in [4.69, 9.17) is 0 Å². The van der Waals surface area contributed by atoms with E-state index >= 15 is 0 Å². The number of carbonyl (C=O) groups is 1. The van der Waals surface area contributed by atoms with Crippen LogP contribution in [0.3, 0.4) is 0 Å². The number of aliphatic carboxylic acids is 1. The Kier molecular flexibility index (Phi) is 2.11. The number of hydrogen-bond donors (Lipinski definition) is 0. The summed E-state index contributed by atoms with van der Waals surface area (Å²) in [6.07, 6.45) is -0.290. The molecule has 0 radical (unpaired) electrons. The molecule has 0 saturated heterocycles. The van der Waals surface area contributed by atoms with Gasteiger partial charge in [-0.1, -0.05) is 0 Å². The van der Waals surface area contributed by atoms with Crippen molar-refractivity contribution in [2.24, 2.45) is 0 Å². The van der Waals surface area contributed by atoms with Crippen molar-refractivity contribution in [2.75, 3.05) is 0 Å². The summed E-state index contributed by atoms with van der Waals surface area (Å²) in [5.74, 6) is -0.555. The van der Waals surface area contributed by atoms with E-state index in [1.807, 2.05) is 19.9 Å². The second-order valence-electron chi connectivity index (χ2n) is 3.33. The van der Waals surface area contributed by atoms with Gasteiger partial charge in [-0.3, -0.25) is 0 Å². The van der Waals surface area contributed by atoms with Crippen LogP contribution < -0.4 is 5.11 Å². The maximum Gasteiger partial charge on any atom is 0.252 e. The second-order valence-corrected chi connectivity index (χ2v) is 3.33. The van der Waals surface area contributed by atoms with E-state index in [0.29, 0.717) is 5.78 Å². The number of aryl methyl sites for hydroxylation is 2. The fourth-order valence-corrected chi connectivity index (χ4v) is 1.41. The van der Waals surface area contributed by atoms with Gasteiger partial charge in [0.15, 0.2) is 5.82 Å². The van der Waals surface area contributed by atoms with E-state index in [0.717, 1.165) is 11.4 Å². The lowest BCUT2D eigenvalue weighted by Crippen LogP contribution is -2.24. The standard InChI is InChI=1S/C9H10N4O2/c1-5-3-6(2)13-9(10-5)11-7(12-13)4-8(14)15/h3H,4H2,1-2H3,(H,14,15)/p-1. The molecule has 2 aromatic heterocycles. The molecular weight excluding hydrogens is 196 g/mol. The Labute approximate surface area is 85.6 Å². The summed E-state index contributed by atoms with van der Waals surface area (Å²) in [6.45, 7) is 3.71. The first-order chi connectivity index (χ1) is 7.06. The molecule has 0 amide bonds. The summed E-state index contributed by atoms with van der Waals surface area (Å²) in [4.78, 5) is 18.5. The molecule has 0 fully saturated rings. The van der Waals surface area contributed by atoms with Gasteiger partial charge in [-0.2, -0.15) is 4.98 Å². The van der Waals surface area contributed by atoms with Gasteiger partial charge < -0.3 is 9.90 Å². The normalized spacial score (nSPS) is 10.8. The number of rotatable bonds is 2. The molecule has 0 spiro atoms. The summed E-state index contributed by atoms with van der Waals surface area (Å²) in [6, 6.07) is 1.85. The van der Waals surface area contributed by atoms with Crippen molar-refractivity contribution in [2.45, 2.75) is 20.3 Å². The van der Waals surface area contributed by atoms with Crippen LogP contribution in [0.15, 0.2) is 6.07 Å². The molecule has 2 heterocycles. The van der Waals surface area contributed by atoms with E-state index in [1.54, 1.807) is 0 Å². The zero-order valence-electron chi connectivity index (χ0n) is 8.39. The molecule has 0 unspecified atom stereocenters. The zero-order chi connectivity index (χ0) is 11.0. The minimum atomic E-state index is -1.19. The van der Waals surface area contributed by atoms with Crippen molar-refractivity contribution in [1.29, 1.82) is 0 Å². The van der Waals surface area contributed by atoms with Gasteiger partial charge >= 0.3 is 0 Å². The largest absolute Gasteiger partial charge is 0.550 e. The van der Waals surface area contributed by atoms with E-state index in [-0.39, 0.29) is 12.2 Å². The molecule has 0 aliphatic heterocycles. The molecule has 0 aromatic carbocycles. The predicted octanol–water partition coefficient (Wildman–Crippen LogP) is -0.966. The van der Waals surface area contributed by atoms with Gasteiger partial charge in [0.05, 0.1) is 0 Å². The smallest absolute Gasteiger partial charge is 0.252 e. The first-order valence-corrected chi connectivity index (χ1v) is 4.46. The number of hydrogen-bond acceptors (Lipinski definition) is 5. The zero-order valence-corrected chi connectivity index (χ0v) is 8.39. The first-order valence-electron chi connectivity index (χ1n) is 4.46. The van der Waals surface area contributed by atoms with Crippen LogP contribution in [-0.2, 0) is 11.2 Å². The number of carbonyl (C=O) groups excluding carboxylic acids is 1. The van der Waals surface area contributed by atoms with E-state index in [1.165, 1.54) is 4.52 Å². The van der Waals surface area contributed by atoms with Crippen LogP contribution in [0, 0.1) is 13.8 Å². The first kappa shape index (κ1) is 9.57. The third kappa shape index (κ3) is 1.78. The topological polar surface area (TPSA) is 83.2 Å². The Morgan fingerprint density at radius 2 is 2.20 bits per heavy atom. The van der Waals surface area contributed by atoms with Crippen molar-refractivity contribution >= 4 is 11.7 Å². The van der Waals surface area contributed by atoms with Crippen molar-refractivity contribution < 1.29 is 9.90 Å². The second kappa shape index (κ2) is 3.30. The predicted molar refractivity (Wildman–Crippen MR) is 49.0 cm³/mol. The molecule has 78 valence electrons. The highest BCUT2D eigenvalue weighted by molar-refractivity contribution is 5.66. The number of carboxylic acid groups (broad SMARTS) is 1. The van der Waals surface area contributed by atoms with Crippen LogP contribution in [0.4, 0.5) is 0 Å². The van der Waals surface area contributed by atoms with Crippen molar-refractivity contribution in [3.63, 3.8) is 0 Å². The SMILES string of the molecule is Cc1cc(C)n2nc(CC(=O)[O-])nc2n1. The van der Waals surface area contributed by atoms with Crippen LogP contribution in [0.1, 0.15) is 17.2 Å². The van der Waals surface area contributed by atoms with Gasteiger partial charge in [0.25, 0.3) is 5.78 Å². The average Bonchev–Trinajstić information content (AvgIpc) is 2.45.